The van der Waals surface area contributed by atoms with Crippen LogP contribution in [0.3, 0.4) is 0 Å². The molecule has 0 heterocycles. The Hall–Kier alpha value is -0.160. The lowest BCUT2D eigenvalue weighted by Crippen LogP contribution is -2.12. The van der Waals surface area contributed by atoms with Gasteiger partial charge < -0.3 is 18.9 Å². The summed E-state index contributed by atoms with van der Waals surface area (Å²) < 4.78 is 22.0. The SMILES string of the molecule is CCCCCCCCCCCCCCCOCCOCCOCCOCCCC. The van der Waals surface area contributed by atoms with Gasteiger partial charge in [-0.1, -0.05) is 97.3 Å². The first kappa shape index (κ1) is 28.8. The molecular formula is C25H52O4. The van der Waals surface area contributed by atoms with Crippen LogP contribution in [0.4, 0.5) is 0 Å². The minimum absolute atomic E-state index is 0.635. The molecule has 0 bridgehead atoms. The van der Waals surface area contributed by atoms with E-state index in [1.807, 2.05) is 0 Å². The first-order valence-corrected chi connectivity index (χ1v) is 12.7. The average molecular weight is 417 g/mol. The van der Waals surface area contributed by atoms with Crippen molar-refractivity contribution in [1.29, 1.82) is 0 Å². The van der Waals surface area contributed by atoms with E-state index in [9.17, 15) is 0 Å². The fraction of sp³-hybridized carbons (Fsp3) is 1.00. The summed E-state index contributed by atoms with van der Waals surface area (Å²) in [6.45, 7) is 10.1. The summed E-state index contributed by atoms with van der Waals surface area (Å²) in [5, 5.41) is 0. The minimum atomic E-state index is 0.635. The summed E-state index contributed by atoms with van der Waals surface area (Å²) in [5.41, 5.74) is 0. The van der Waals surface area contributed by atoms with Crippen molar-refractivity contribution in [3.63, 3.8) is 0 Å². The molecule has 176 valence electrons. The van der Waals surface area contributed by atoms with E-state index in [2.05, 4.69) is 13.8 Å². The van der Waals surface area contributed by atoms with E-state index >= 15 is 0 Å². The van der Waals surface area contributed by atoms with Crippen LogP contribution in [-0.2, 0) is 18.9 Å². The largest absolute Gasteiger partial charge is 0.379 e. The summed E-state index contributed by atoms with van der Waals surface area (Å²) >= 11 is 0. The lowest BCUT2D eigenvalue weighted by atomic mass is 10.0. The van der Waals surface area contributed by atoms with Crippen molar-refractivity contribution in [1.82, 2.24) is 0 Å². The molecular weight excluding hydrogens is 364 g/mol. The van der Waals surface area contributed by atoms with Crippen LogP contribution >= 0.6 is 0 Å². The summed E-state index contributed by atoms with van der Waals surface area (Å²) in [6.07, 6.45) is 20.4. The highest BCUT2D eigenvalue weighted by molar-refractivity contribution is 4.49. The van der Waals surface area contributed by atoms with Gasteiger partial charge in [0.2, 0.25) is 0 Å². The number of rotatable bonds is 26. The van der Waals surface area contributed by atoms with Gasteiger partial charge in [0.05, 0.1) is 39.6 Å². The molecule has 0 atom stereocenters. The molecule has 0 aliphatic rings. The average Bonchev–Trinajstić information content (AvgIpc) is 2.74. The topological polar surface area (TPSA) is 36.9 Å². The standard InChI is InChI=1S/C25H52O4/c1-3-5-7-8-9-10-11-12-13-14-15-16-17-19-27-21-23-29-25-24-28-22-20-26-18-6-4-2/h3-25H2,1-2H3. The zero-order valence-electron chi connectivity index (χ0n) is 19.9. The van der Waals surface area contributed by atoms with Gasteiger partial charge >= 0.3 is 0 Å². The second kappa shape index (κ2) is 27.8. The van der Waals surface area contributed by atoms with Crippen molar-refractivity contribution in [2.45, 2.75) is 110 Å². The van der Waals surface area contributed by atoms with Gasteiger partial charge in [-0.3, -0.25) is 0 Å². The Morgan fingerprint density at radius 3 is 0.931 bits per heavy atom. The van der Waals surface area contributed by atoms with E-state index in [0.29, 0.717) is 39.6 Å². The molecule has 0 saturated heterocycles. The Balaban J connectivity index is 2.97. The van der Waals surface area contributed by atoms with Gasteiger partial charge in [-0.05, 0) is 12.8 Å². The van der Waals surface area contributed by atoms with Gasteiger partial charge in [-0.2, -0.15) is 0 Å². The lowest BCUT2D eigenvalue weighted by molar-refractivity contribution is -0.00238. The van der Waals surface area contributed by atoms with E-state index < -0.39 is 0 Å². The number of ether oxygens (including phenoxy) is 4. The third kappa shape index (κ3) is 27.8. The summed E-state index contributed by atoms with van der Waals surface area (Å²) in [7, 11) is 0. The molecule has 0 fully saturated rings. The maximum atomic E-state index is 5.63. The predicted molar refractivity (Wildman–Crippen MR) is 124 cm³/mol. The Morgan fingerprint density at radius 1 is 0.276 bits per heavy atom. The predicted octanol–water partition coefficient (Wildman–Crippen LogP) is 6.94. The zero-order chi connectivity index (χ0) is 21.1. The van der Waals surface area contributed by atoms with Crippen molar-refractivity contribution in [3.05, 3.63) is 0 Å². The van der Waals surface area contributed by atoms with E-state index in [0.717, 1.165) is 19.6 Å². The van der Waals surface area contributed by atoms with Crippen LogP contribution in [0.15, 0.2) is 0 Å². The molecule has 29 heavy (non-hydrogen) atoms. The molecule has 0 unspecified atom stereocenters. The smallest absolute Gasteiger partial charge is 0.0701 e. The van der Waals surface area contributed by atoms with E-state index in [4.69, 9.17) is 18.9 Å². The molecule has 0 aromatic heterocycles. The van der Waals surface area contributed by atoms with Gasteiger partial charge in [-0.15, -0.1) is 0 Å². The molecule has 0 amide bonds. The van der Waals surface area contributed by atoms with E-state index in [-0.39, 0.29) is 0 Å². The molecule has 0 spiro atoms. The zero-order valence-corrected chi connectivity index (χ0v) is 19.9. The fourth-order valence-corrected chi connectivity index (χ4v) is 3.23. The monoisotopic (exact) mass is 416 g/mol. The molecule has 0 aliphatic heterocycles. The Bertz CT molecular complexity index is 248. The molecule has 0 N–H and O–H groups in total. The van der Waals surface area contributed by atoms with Crippen LogP contribution in [0.2, 0.25) is 0 Å². The molecule has 4 nitrogen and oxygen atoms in total. The fourth-order valence-electron chi connectivity index (χ4n) is 3.23. The maximum absolute atomic E-state index is 5.63. The highest BCUT2D eigenvalue weighted by Gasteiger charge is 1.95. The van der Waals surface area contributed by atoms with Gasteiger partial charge in [-0.25, -0.2) is 0 Å². The van der Waals surface area contributed by atoms with Gasteiger partial charge in [0.1, 0.15) is 0 Å². The summed E-state index contributed by atoms with van der Waals surface area (Å²) in [6, 6.07) is 0. The second-order valence-corrected chi connectivity index (χ2v) is 8.05. The normalized spacial score (nSPS) is 11.4. The number of hydrogen-bond donors (Lipinski definition) is 0. The van der Waals surface area contributed by atoms with Gasteiger partial charge in [0.15, 0.2) is 0 Å². The lowest BCUT2D eigenvalue weighted by Gasteiger charge is -2.07. The Kier molecular flexibility index (Phi) is 27.7. The van der Waals surface area contributed by atoms with E-state index in [1.165, 1.54) is 89.9 Å². The van der Waals surface area contributed by atoms with Crippen LogP contribution < -0.4 is 0 Å². The third-order valence-electron chi connectivity index (χ3n) is 5.15. The van der Waals surface area contributed by atoms with Crippen molar-refractivity contribution in [3.8, 4) is 0 Å². The van der Waals surface area contributed by atoms with Crippen LogP contribution in [0.5, 0.6) is 0 Å². The molecule has 0 aromatic rings. The first-order chi connectivity index (χ1) is 14.4. The van der Waals surface area contributed by atoms with Crippen LogP contribution in [0, 0.1) is 0 Å². The quantitative estimate of drug-likeness (QED) is 0.143. The summed E-state index contributed by atoms with van der Waals surface area (Å²) in [5.74, 6) is 0. The third-order valence-corrected chi connectivity index (χ3v) is 5.15. The minimum Gasteiger partial charge on any atom is -0.379 e. The van der Waals surface area contributed by atoms with Crippen LogP contribution in [0.25, 0.3) is 0 Å². The van der Waals surface area contributed by atoms with Crippen molar-refractivity contribution in [2.24, 2.45) is 0 Å². The molecule has 0 aliphatic carbocycles. The van der Waals surface area contributed by atoms with Gasteiger partial charge in [0.25, 0.3) is 0 Å². The summed E-state index contributed by atoms with van der Waals surface area (Å²) in [4.78, 5) is 0. The Morgan fingerprint density at radius 2 is 0.552 bits per heavy atom. The van der Waals surface area contributed by atoms with Crippen LogP contribution in [0.1, 0.15) is 110 Å². The van der Waals surface area contributed by atoms with Crippen molar-refractivity contribution in [2.75, 3.05) is 52.9 Å². The van der Waals surface area contributed by atoms with Crippen LogP contribution in [-0.4, -0.2) is 52.9 Å². The number of unbranched alkanes of at least 4 members (excludes halogenated alkanes) is 13. The van der Waals surface area contributed by atoms with Crippen molar-refractivity contribution < 1.29 is 18.9 Å². The molecule has 0 aromatic carbocycles. The van der Waals surface area contributed by atoms with E-state index in [1.54, 1.807) is 0 Å². The molecule has 0 saturated carbocycles. The maximum Gasteiger partial charge on any atom is 0.0701 e. The highest BCUT2D eigenvalue weighted by Crippen LogP contribution is 2.12. The molecule has 0 radical (unpaired) electrons. The van der Waals surface area contributed by atoms with Crippen molar-refractivity contribution >= 4 is 0 Å². The second-order valence-electron chi connectivity index (χ2n) is 8.05. The Labute approximate surface area is 182 Å². The molecule has 4 heteroatoms. The number of hydrogen-bond acceptors (Lipinski definition) is 4. The molecule has 0 rings (SSSR count). The highest BCUT2D eigenvalue weighted by atomic mass is 16.6. The van der Waals surface area contributed by atoms with Gasteiger partial charge in [0, 0.05) is 13.2 Å². The first-order valence-electron chi connectivity index (χ1n) is 12.7.